The summed E-state index contributed by atoms with van der Waals surface area (Å²) in [6.45, 7) is 0. The fourth-order valence-electron chi connectivity index (χ4n) is 4.41. The number of allylic oxidation sites excluding steroid dienone is 1. The maximum Gasteiger partial charge on any atom is 0.309 e. The number of rotatable bonds is 5. The predicted molar refractivity (Wildman–Crippen MR) is 121 cm³/mol. The lowest BCUT2D eigenvalue weighted by Gasteiger charge is -2.34. The number of hydrogen-bond acceptors (Lipinski definition) is 6. The van der Waals surface area contributed by atoms with Gasteiger partial charge < -0.3 is 14.8 Å². The highest BCUT2D eigenvalue weighted by Gasteiger charge is 2.38. The summed E-state index contributed by atoms with van der Waals surface area (Å²) in [4.78, 5) is 21.4. The summed E-state index contributed by atoms with van der Waals surface area (Å²) < 4.78 is 11.1. The van der Waals surface area contributed by atoms with Gasteiger partial charge in [-0.2, -0.15) is 0 Å². The van der Waals surface area contributed by atoms with Crippen LogP contribution < -0.4 is 10.1 Å². The number of aliphatic imine (C=N–C) groups is 2. The highest BCUT2D eigenvalue weighted by Crippen LogP contribution is 2.43. The van der Waals surface area contributed by atoms with Crippen LogP contribution in [0.2, 0.25) is 0 Å². The number of fused-ring (bicyclic) bond motifs is 1. The quantitative estimate of drug-likeness (QED) is 0.719. The van der Waals surface area contributed by atoms with E-state index in [1.807, 2.05) is 42.5 Å². The summed E-state index contributed by atoms with van der Waals surface area (Å²) in [6.07, 6.45) is 5.48. The SMILES string of the molecule is COC(=O)C1CCC1c1cccc(NC2=NC(Oc3ccccc3)C3=CCCC3=N2)c1. The van der Waals surface area contributed by atoms with E-state index in [-0.39, 0.29) is 17.8 Å². The molecular formula is C25H25N3O3. The van der Waals surface area contributed by atoms with Crippen molar-refractivity contribution in [2.75, 3.05) is 12.4 Å². The summed E-state index contributed by atoms with van der Waals surface area (Å²) in [5.41, 5.74) is 4.12. The lowest BCUT2D eigenvalue weighted by Crippen LogP contribution is -2.32. The van der Waals surface area contributed by atoms with Gasteiger partial charge in [-0.1, -0.05) is 36.4 Å². The molecule has 6 nitrogen and oxygen atoms in total. The molecular weight excluding hydrogens is 390 g/mol. The van der Waals surface area contributed by atoms with Gasteiger partial charge in [0.1, 0.15) is 5.75 Å². The summed E-state index contributed by atoms with van der Waals surface area (Å²) in [7, 11) is 1.45. The van der Waals surface area contributed by atoms with E-state index in [0.717, 1.165) is 54.0 Å². The Balaban J connectivity index is 1.36. The van der Waals surface area contributed by atoms with Crippen LogP contribution in [0.1, 0.15) is 37.2 Å². The second-order valence-corrected chi connectivity index (χ2v) is 8.06. The molecule has 3 unspecified atom stereocenters. The van der Waals surface area contributed by atoms with Crippen LogP contribution in [0.3, 0.4) is 0 Å². The molecule has 3 aliphatic rings. The van der Waals surface area contributed by atoms with Crippen molar-refractivity contribution in [1.82, 2.24) is 0 Å². The molecule has 1 heterocycles. The molecule has 1 fully saturated rings. The lowest BCUT2D eigenvalue weighted by atomic mass is 9.70. The monoisotopic (exact) mass is 415 g/mol. The number of hydrogen-bond donors (Lipinski definition) is 1. The zero-order valence-corrected chi connectivity index (χ0v) is 17.5. The van der Waals surface area contributed by atoms with Gasteiger partial charge in [0.15, 0.2) is 0 Å². The third-order valence-corrected chi connectivity index (χ3v) is 6.17. The predicted octanol–water partition coefficient (Wildman–Crippen LogP) is 4.70. The van der Waals surface area contributed by atoms with Gasteiger partial charge in [-0.15, -0.1) is 0 Å². The highest BCUT2D eigenvalue weighted by molar-refractivity contribution is 6.13. The van der Waals surface area contributed by atoms with Crippen molar-refractivity contribution < 1.29 is 14.3 Å². The minimum Gasteiger partial charge on any atom is -0.469 e. The molecule has 0 amide bonds. The molecule has 1 N–H and O–H groups in total. The van der Waals surface area contributed by atoms with Crippen LogP contribution in [-0.2, 0) is 9.53 Å². The fraction of sp³-hybridized carbons (Fsp3) is 0.320. The number of esters is 1. The van der Waals surface area contributed by atoms with Crippen LogP contribution in [0, 0.1) is 5.92 Å². The van der Waals surface area contributed by atoms with Gasteiger partial charge in [-0.05, 0) is 61.4 Å². The Bertz CT molecular complexity index is 1070. The number of ether oxygens (including phenoxy) is 2. The maximum atomic E-state index is 12.0. The molecule has 5 rings (SSSR count). The topological polar surface area (TPSA) is 72.3 Å². The number of benzene rings is 2. The molecule has 0 spiro atoms. The van der Waals surface area contributed by atoms with E-state index in [2.05, 4.69) is 23.5 Å². The van der Waals surface area contributed by atoms with E-state index in [0.29, 0.717) is 5.96 Å². The molecule has 3 atom stereocenters. The van der Waals surface area contributed by atoms with Crippen LogP contribution in [-0.4, -0.2) is 31.0 Å². The zero-order chi connectivity index (χ0) is 21.2. The van der Waals surface area contributed by atoms with E-state index in [1.54, 1.807) is 0 Å². The maximum absolute atomic E-state index is 12.0. The lowest BCUT2D eigenvalue weighted by molar-refractivity contribution is -0.149. The van der Waals surface area contributed by atoms with Crippen LogP contribution in [0.5, 0.6) is 5.75 Å². The standard InChI is InChI=1S/C25H25N3O3/c1-30-24(29)20-14-13-19(20)16-7-5-8-17(15-16)26-25-27-22-12-6-11-21(22)23(28-25)31-18-9-3-2-4-10-18/h2-5,7-11,15,19-20,23H,6,12-14H2,1H3,(H,26,28). The van der Waals surface area contributed by atoms with Crippen LogP contribution in [0.15, 0.2) is 76.2 Å². The normalized spacial score (nSPS) is 24.2. The van der Waals surface area contributed by atoms with Gasteiger partial charge in [0.2, 0.25) is 12.2 Å². The third-order valence-electron chi connectivity index (χ3n) is 6.17. The van der Waals surface area contributed by atoms with Gasteiger partial charge in [-0.3, -0.25) is 4.79 Å². The molecule has 31 heavy (non-hydrogen) atoms. The van der Waals surface area contributed by atoms with Crippen molar-refractivity contribution in [3.63, 3.8) is 0 Å². The number of nitrogens with one attached hydrogen (secondary N) is 1. The van der Waals surface area contributed by atoms with E-state index in [4.69, 9.17) is 19.5 Å². The minimum atomic E-state index is -0.404. The number of nitrogens with zero attached hydrogens (tertiary/aromatic N) is 2. The van der Waals surface area contributed by atoms with Crippen molar-refractivity contribution in [1.29, 1.82) is 0 Å². The Kier molecular flexibility index (Phi) is 5.28. The molecule has 2 aromatic rings. The Labute approximate surface area is 181 Å². The van der Waals surface area contributed by atoms with Crippen molar-refractivity contribution in [3.8, 4) is 5.75 Å². The largest absolute Gasteiger partial charge is 0.469 e. The van der Waals surface area contributed by atoms with E-state index in [1.165, 1.54) is 7.11 Å². The van der Waals surface area contributed by atoms with E-state index >= 15 is 0 Å². The number of anilines is 1. The van der Waals surface area contributed by atoms with Crippen molar-refractivity contribution >= 4 is 23.3 Å². The van der Waals surface area contributed by atoms with Crippen LogP contribution >= 0.6 is 0 Å². The third kappa shape index (κ3) is 3.98. The minimum absolute atomic E-state index is 0.0534. The van der Waals surface area contributed by atoms with Gasteiger partial charge in [0, 0.05) is 11.3 Å². The zero-order valence-electron chi connectivity index (χ0n) is 17.5. The smallest absolute Gasteiger partial charge is 0.309 e. The number of carbonyl (C=O) groups is 1. The Morgan fingerprint density at radius 2 is 1.97 bits per heavy atom. The van der Waals surface area contributed by atoms with Gasteiger partial charge in [0.25, 0.3) is 0 Å². The number of guanidine groups is 1. The Morgan fingerprint density at radius 1 is 1.10 bits per heavy atom. The average molecular weight is 415 g/mol. The molecule has 2 aliphatic carbocycles. The van der Waals surface area contributed by atoms with Crippen molar-refractivity contribution in [2.24, 2.45) is 15.9 Å². The molecule has 0 bridgehead atoms. The molecule has 2 aromatic carbocycles. The van der Waals surface area contributed by atoms with Crippen LogP contribution in [0.4, 0.5) is 5.69 Å². The highest BCUT2D eigenvalue weighted by atomic mass is 16.5. The number of carbonyl (C=O) groups excluding carboxylic acids is 1. The van der Waals surface area contributed by atoms with E-state index in [9.17, 15) is 4.79 Å². The first-order valence-corrected chi connectivity index (χ1v) is 10.7. The van der Waals surface area contributed by atoms with Crippen molar-refractivity contribution in [3.05, 3.63) is 71.8 Å². The molecule has 6 heteroatoms. The first-order chi connectivity index (χ1) is 15.2. The molecule has 0 aromatic heterocycles. The first-order valence-electron chi connectivity index (χ1n) is 10.7. The molecule has 158 valence electrons. The second-order valence-electron chi connectivity index (χ2n) is 8.06. The molecule has 0 saturated heterocycles. The molecule has 1 aliphatic heterocycles. The Morgan fingerprint density at radius 3 is 2.74 bits per heavy atom. The van der Waals surface area contributed by atoms with Crippen LogP contribution in [0.25, 0.3) is 0 Å². The van der Waals surface area contributed by atoms with Gasteiger partial charge in [-0.25, -0.2) is 9.98 Å². The van der Waals surface area contributed by atoms with Crippen molar-refractivity contribution in [2.45, 2.75) is 37.8 Å². The molecule has 1 saturated carbocycles. The second kappa shape index (κ2) is 8.38. The number of para-hydroxylation sites is 1. The van der Waals surface area contributed by atoms with Gasteiger partial charge in [0.05, 0.1) is 18.7 Å². The Hall–Kier alpha value is -3.41. The average Bonchev–Trinajstić information content (AvgIpc) is 3.23. The summed E-state index contributed by atoms with van der Waals surface area (Å²) in [6, 6.07) is 17.9. The van der Waals surface area contributed by atoms with E-state index < -0.39 is 6.23 Å². The summed E-state index contributed by atoms with van der Waals surface area (Å²) in [5.74, 6) is 1.35. The summed E-state index contributed by atoms with van der Waals surface area (Å²) in [5, 5.41) is 3.35. The summed E-state index contributed by atoms with van der Waals surface area (Å²) >= 11 is 0. The fourth-order valence-corrected chi connectivity index (χ4v) is 4.41. The molecule has 0 radical (unpaired) electrons. The van der Waals surface area contributed by atoms with Gasteiger partial charge >= 0.3 is 5.97 Å². The first kappa shape index (κ1) is 19.5. The number of methoxy groups -OCH3 is 1.